The van der Waals surface area contributed by atoms with E-state index in [0.717, 1.165) is 11.1 Å². The maximum Gasteiger partial charge on any atom is 0.255 e. The summed E-state index contributed by atoms with van der Waals surface area (Å²) in [5.74, 6) is -2.27. The standard InChI is InChI=1S/C34H37FN4O6/c35-25-10-6-9-24(20-25)34(13-16-44-17-14-34)22-37-33(43)28-21-30(40)38-27(19-23-7-2-1-3-8-23)32(42)36-15-18-45-29-12-5-4-11-26(29)31(41)39-28/h1-12,20,27-28H,13-19,21-22H2,(H,36,42)(H,37,43)(H,38,40)(H,39,41)/t27-,28-/m0/s1. The molecule has 4 amide bonds. The third-order valence-corrected chi connectivity index (χ3v) is 8.22. The van der Waals surface area contributed by atoms with E-state index in [2.05, 4.69) is 21.3 Å². The Morgan fingerprint density at radius 3 is 2.44 bits per heavy atom. The molecule has 2 atom stereocenters. The number of fused-ring (bicyclic) bond motifs is 1. The van der Waals surface area contributed by atoms with Crippen molar-refractivity contribution in [2.75, 3.05) is 32.9 Å². The molecule has 0 aliphatic carbocycles. The van der Waals surface area contributed by atoms with Crippen LogP contribution in [0, 0.1) is 5.82 Å². The normalized spacial score (nSPS) is 20.7. The SMILES string of the molecule is O=C1C[C@@H](C(=O)NCC2(c3cccc(F)c3)CCOCC2)NC(=O)c2ccccc2OCCNC(=O)[C@H](Cc2ccccc2)N1. The maximum atomic E-state index is 14.2. The monoisotopic (exact) mass is 616 g/mol. The van der Waals surface area contributed by atoms with Crippen LogP contribution in [0.4, 0.5) is 4.39 Å². The van der Waals surface area contributed by atoms with E-state index in [-0.39, 0.29) is 43.2 Å². The van der Waals surface area contributed by atoms with Gasteiger partial charge in [0.05, 0.1) is 18.5 Å². The van der Waals surface area contributed by atoms with Crippen molar-refractivity contribution < 1.29 is 33.0 Å². The minimum atomic E-state index is -1.28. The van der Waals surface area contributed by atoms with Crippen LogP contribution in [0.15, 0.2) is 78.9 Å². The molecule has 0 aromatic heterocycles. The number of carbonyl (C=O) groups excluding carboxylic acids is 4. The van der Waals surface area contributed by atoms with Crippen molar-refractivity contribution >= 4 is 23.6 Å². The summed E-state index contributed by atoms with van der Waals surface area (Å²) in [6, 6.07) is 19.9. The van der Waals surface area contributed by atoms with Crippen LogP contribution in [-0.4, -0.2) is 68.6 Å². The first-order valence-corrected chi connectivity index (χ1v) is 15.1. The van der Waals surface area contributed by atoms with Crippen molar-refractivity contribution in [3.05, 3.63) is 101 Å². The van der Waals surface area contributed by atoms with Gasteiger partial charge in [0, 0.05) is 31.6 Å². The topological polar surface area (TPSA) is 135 Å². The Morgan fingerprint density at radius 2 is 1.67 bits per heavy atom. The lowest BCUT2D eigenvalue weighted by molar-refractivity contribution is -0.131. The van der Waals surface area contributed by atoms with Gasteiger partial charge in [-0.05, 0) is 48.2 Å². The molecule has 0 saturated carbocycles. The van der Waals surface area contributed by atoms with Crippen LogP contribution in [0.25, 0.3) is 0 Å². The number of hydrogen-bond acceptors (Lipinski definition) is 6. The third kappa shape index (κ3) is 8.24. The lowest BCUT2D eigenvalue weighted by atomic mass is 9.74. The average Bonchev–Trinajstić information content (AvgIpc) is 3.05. The zero-order chi connectivity index (χ0) is 31.6. The summed E-state index contributed by atoms with van der Waals surface area (Å²) in [4.78, 5) is 53.7. The molecule has 0 unspecified atom stereocenters. The summed E-state index contributed by atoms with van der Waals surface area (Å²) in [5.41, 5.74) is 1.16. The number of ether oxygens (including phenoxy) is 2. The van der Waals surface area contributed by atoms with Crippen LogP contribution in [-0.2, 0) is 31.0 Å². The second-order valence-corrected chi connectivity index (χ2v) is 11.3. The molecular formula is C34H37FN4O6. The number of halogens is 1. The molecule has 1 saturated heterocycles. The molecule has 3 aromatic rings. The fourth-order valence-corrected chi connectivity index (χ4v) is 5.71. The maximum absolute atomic E-state index is 14.2. The van der Waals surface area contributed by atoms with E-state index in [1.807, 2.05) is 36.4 Å². The first-order valence-electron chi connectivity index (χ1n) is 15.1. The van der Waals surface area contributed by atoms with E-state index in [9.17, 15) is 23.6 Å². The molecule has 2 heterocycles. The summed E-state index contributed by atoms with van der Waals surface area (Å²) < 4.78 is 25.6. The Morgan fingerprint density at radius 1 is 0.911 bits per heavy atom. The van der Waals surface area contributed by atoms with Crippen molar-refractivity contribution in [3.63, 3.8) is 0 Å². The van der Waals surface area contributed by atoms with Gasteiger partial charge in [-0.25, -0.2) is 4.39 Å². The van der Waals surface area contributed by atoms with Crippen molar-refractivity contribution in [2.24, 2.45) is 0 Å². The molecule has 3 aromatic carbocycles. The highest BCUT2D eigenvalue weighted by Gasteiger charge is 2.37. The largest absolute Gasteiger partial charge is 0.491 e. The molecule has 45 heavy (non-hydrogen) atoms. The highest BCUT2D eigenvalue weighted by atomic mass is 19.1. The second kappa shape index (κ2) is 14.8. The van der Waals surface area contributed by atoms with Gasteiger partial charge in [0.1, 0.15) is 30.3 Å². The smallest absolute Gasteiger partial charge is 0.255 e. The Bertz CT molecular complexity index is 1510. The van der Waals surface area contributed by atoms with E-state index in [0.29, 0.717) is 26.1 Å². The number of carbonyl (C=O) groups is 4. The van der Waals surface area contributed by atoms with Gasteiger partial charge in [0.15, 0.2) is 0 Å². The van der Waals surface area contributed by atoms with Crippen LogP contribution < -0.4 is 26.0 Å². The number of nitrogens with one attached hydrogen (secondary N) is 4. The number of rotatable bonds is 6. The fraction of sp³-hybridized carbons (Fsp3) is 0.353. The van der Waals surface area contributed by atoms with Gasteiger partial charge >= 0.3 is 0 Å². The summed E-state index contributed by atoms with van der Waals surface area (Å²) in [6.07, 6.45) is 0.906. The Balaban J connectivity index is 1.39. The summed E-state index contributed by atoms with van der Waals surface area (Å²) >= 11 is 0. The minimum absolute atomic E-state index is 0.0812. The molecule has 0 spiro atoms. The predicted molar refractivity (Wildman–Crippen MR) is 164 cm³/mol. The minimum Gasteiger partial charge on any atom is -0.491 e. The van der Waals surface area contributed by atoms with Crippen molar-refractivity contribution in [1.82, 2.24) is 21.3 Å². The van der Waals surface area contributed by atoms with Gasteiger partial charge in [-0.2, -0.15) is 0 Å². The van der Waals surface area contributed by atoms with Crippen LogP contribution in [0.1, 0.15) is 40.7 Å². The van der Waals surface area contributed by atoms with Gasteiger partial charge in [-0.3, -0.25) is 19.2 Å². The number of amides is 4. The van der Waals surface area contributed by atoms with Crippen LogP contribution >= 0.6 is 0 Å². The lowest BCUT2D eigenvalue weighted by Crippen LogP contribution is -2.54. The summed E-state index contributed by atoms with van der Waals surface area (Å²) in [5, 5.41) is 11.2. The molecule has 2 aliphatic heterocycles. The molecule has 4 N–H and O–H groups in total. The number of hydrogen-bond donors (Lipinski definition) is 4. The molecule has 2 aliphatic rings. The molecule has 0 radical (unpaired) electrons. The van der Waals surface area contributed by atoms with Crippen LogP contribution in [0.5, 0.6) is 5.75 Å². The molecule has 5 rings (SSSR count). The second-order valence-electron chi connectivity index (χ2n) is 11.3. The van der Waals surface area contributed by atoms with Gasteiger partial charge in [0.2, 0.25) is 17.7 Å². The molecule has 10 nitrogen and oxygen atoms in total. The van der Waals surface area contributed by atoms with Crippen molar-refractivity contribution in [2.45, 2.75) is 43.2 Å². The van der Waals surface area contributed by atoms with Gasteiger partial charge < -0.3 is 30.7 Å². The van der Waals surface area contributed by atoms with E-state index in [1.165, 1.54) is 12.1 Å². The molecule has 1 fully saturated rings. The zero-order valence-corrected chi connectivity index (χ0v) is 24.9. The van der Waals surface area contributed by atoms with E-state index in [4.69, 9.17) is 9.47 Å². The van der Waals surface area contributed by atoms with Crippen molar-refractivity contribution in [3.8, 4) is 5.75 Å². The number of benzene rings is 3. The Labute approximate surface area is 261 Å². The molecule has 0 bridgehead atoms. The van der Waals surface area contributed by atoms with Gasteiger partial charge in [0.25, 0.3) is 5.91 Å². The van der Waals surface area contributed by atoms with Gasteiger partial charge in [-0.15, -0.1) is 0 Å². The summed E-state index contributed by atoms with van der Waals surface area (Å²) in [6.45, 7) is 1.26. The third-order valence-electron chi connectivity index (χ3n) is 8.22. The first-order chi connectivity index (χ1) is 21.8. The van der Waals surface area contributed by atoms with E-state index < -0.39 is 47.5 Å². The molecule has 236 valence electrons. The first kappa shape index (κ1) is 31.6. The molecular weight excluding hydrogens is 579 g/mol. The highest BCUT2D eigenvalue weighted by Crippen LogP contribution is 2.34. The predicted octanol–water partition coefficient (Wildman–Crippen LogP) is 2.41. The zero-order valence-electron chi connectivity index (χ0n) is 24.9. The lowest BCUT2D eigenvalue weighted by Gasteiger charge is -2.38. The van der Waals surface area contributed by atoms with Crippen LogP contribution in [0.3, 0.4) is 0 Å². The molecule has 11 heteroatoms. The summed E-state index contributed by atoms with van der Waals surface area (Å²) in [7, 11) is 0. The Hall–Kier alpha value is -4.77. The highest BCUT2D eigenvalue weighted by molar-refractivity contribution is 6.01. The van der Waals surface area contributed by atoms with Crippen molar-refractivity contribution in [1.29, 1.82) is 0 Å². The average molecular weight is 617 g/mol. The Kier molecular flexibility index (Phi) is 10.4. The van der Waals surface area contributed by atoms with E-state index in [1.54, 1.807) is 30.3 Å². The van der Waals surface area contributed by atoms with Crippen LogP contribution in [0.2, 0.25) is 0 Å². The van der Waals surface area contributed by atoms with Gasteiger partial charge in [-0.1, -0.05) is 54.6 Å². The fourth-order valence-electron chi connectivity index (χ4n) is 5.71. The van der Waals surface area contributed by atoms with E-state index >= 15 is 0 Å². The number of para-hydroxylation sites is 1. The quantitative estimate of drug-likeness (QED) is 0.336.